The van der Waals surface area contributed by atoms with Crippen LogP contribution in [0, 0.1) is 0 Å². The molecule has 0 atom stereocenters. The van der Waals surface area contributed by atoms with Crippen LogP contribution in [-0.2, 0) is 24.0 Å². The van der Waals surface area contributed by atoms with E-state index in [2.05, 4.69) is 5.32 Å². The van der Waals surface area contributed by atoms with Gasteiger partial charge in [0.15, 0.2) is 23.0 Å². The van der Waals surface area contributed by atoms with Gasteiger partial charge in [-0.15, -0.1) is 0 Å². The first-order chi connectivity index (χ1) is 19.3. The van der Waals surface area contributed by atoms with Crippen LogP contribution in [0.1, 0.15) is 54.8 Å². The quantitative estimate of drug-likeness (QED) is 0.213. The van der Waals surface area contributed by atoms with E-state index in [0.29, 0.717) is 0 Å². The molecule has 0 bridgehead atoms. The number of carbonyl (C=O) groups is 7. The largest absolute Gasteiger partial charge is 0.480 e. The fourth-order valence-electron chi connectivity index (χ4n) is 3.50. The van der Waals surface area contributed by atoms with E-state index in [1.165, 1.54) is 36.4 Å². The van der Waals surface area contributed by atoms with Crippen LogP contribution in [0.4, 0.5) is 0 Å². The second-order valence-electron chi connectivity index (χ2n) is 8.37. The third-order valence-electron chi connectivity index (χ3n) is 4.94. The first-order valence-electron chi connectivity index (χ1n) is 12.1. The molecule has 0 unspecified atom stereocenters. The third kappa shape index (κ3) is 9.76. The smallest absolute Gasteiger partial charge is 0.323 e. The molecular weight excluding hydrogens is 544 g/mol. The molecule has 0 aliphatic heterocycles. The summed E-state index contributed by atoms with van der Waals surface area (Å²) >= 11 is 0. The van der Waals surface area contributed by atoms with E-state index in [0.717, 1.165) is 32.6 Å². The normalized spacial score (nSPS) is 10.1. The molecule has 0 aromatic heterocycles. The number of carboxylic acids is 1. The summed E-state index contributed by atoms with van der Waals surface area (Å²) in [4.78, 5) is 84.6. The van der Waals surface area contributed by atoms with Crippen molar-refractivity contribution in [1.82, 2.24) is 10.2 Å². The number of nitrogens with one attached hydrogen (secondary N) is 1. The number of hydrogen-bond donors (Lipinski definition) is 2. The van der Waals surface area contributed by atoms with E-state index in [4.69, 9.17) is 18.9 Å². The van der Waals surface area contributed by atoms with E-state index in [9.17, 15) is 38.7 Å². The van der Waals surface area contributed by atoms with Gasteiger partial charge in [0.25, 0.3) is 11.8 Å². The number of aliphatic carboxylic acids is 1. The van der Waals surface area contributed by atoms with Gasteiger partial charge < -0.3 is 34.3 Å². The third-order valence-corrected chi connectivity index (χ3v) is 4.94. The minimum absolute atomic E-state index is 0.0518. The number of ether oxygens (including phenoxy) is 4. The van der Waals surface area contributed by atoms with Gasteiger partial charge in [-0.05, 0) is 30.7 Å². The first kappa shape index (κ1) is 31.9. The molecule has 2 aromatic carbocycles. The van der Waals surface area contributed by atoms with Crippen molar-refractivity contribution in [3.05, 3.63) is 47.5 Å². The van der Waals surface area contributed by atoms with Gasteiger partial charge in [-0.25, -0.2) is 0 Å². The number of carboxylic acid groups (broad SMARTS) is 1. The summed E-state index contributed by atoms with van der Waals surface area (Å²) in [5, 5.41) is 11.9. The molecule has 2 amide bonds. The summed E-state index contributed by atoms with van der Waals surface area (Å²) in [5.41, 5.74) is -0.330. The maximum absolute atomic E-state index is 13.3. The van der Waals surface area contributed by atoms with Gasteiger partial charge in [0.2, 0.25) is 0 Å². The van der Waals surface area contributed by atoms with Crippen molar-refractivity contribution in [2.45, 2.75) is 34.1 Å². The molecule has 0 fully saturated rings. The second kappa shape index (κ2) is 14.8. The molecule has 41 heavy (non-hydrogen) atoms. The van der Waals surface area contributed by atoms with E-state index in [1.807, 2.05) is 0 Å². The van der Waals surface area contributed by atoms with Gasteiger partial charge in [-0.1, -0.05) is 12.1 Å². The summed E-state index contributed by atoms with van der Waals surface area (Å²) in [5.74, 6) is -6.83. The summed E-state index contributed by atoms with van der Waals surface area (Å²) in [6.07, 6.45) is 0.0732. The Labute approximate surface area is 234 Å². The molecule has 2 rings (SSSR count). The monoisotopic (exact) mass is 572 g/mol. The van der Waals surface area contributed by atoms with Crippen molar-refractivity contribution in [2.75, 3.05) is 19.6 Å². The molecule has 0 aliphatic rings. The van der Waals surface area contributed by atoms with Crippen LogP contribution in [0.15, 0.2) is 36.4 Å². The summed E-state index contributed by atoms with van der Waals surface area (Å²) in [6.45, 7) is 3.48. The molecular formula is C27H28N2O12. The predicted molar refractivity (Wildman–Crippen MR) is 139 cm³/mol. The lowest BCUT2D eigenvalue weighted by Crippen LogP contribution is -2.38. The van der Waals surface area contributed by atoms with Crippen LogP contribution in [-0.4, -0.2) is 71.3 Å². The molecule has 0 saturated heterocycles. The number of esters is 4. The number of para-hydroxylation sites is 2. The number of benzene rings is 2. The van der Waals surface area contributed by atoms with Crippen molar-refractivity contribution in [2.24, 2.45) is 0 Å². The van der Waals surface area contributed by atoms with Gasteiger partial charge in [0.05, 0.1) is 11.1 Å². The number of hydrogen-bond acceptors (Lipinski definition) is 11. The minimum atomic E-state index is -1.33. The van der Waals surface area contributed by atoms with Gasteiger partial charge >= 0.3 is 29.8 Å². The van der Waals surface area contributed by atoms with Crippen LogP contribution in [0.25, 0.3) is 0 Å². The highest BCUT2D eigenvalue weighted by Gasteiger charge is 2.26. The average molecular weight is 573 g/mol. The molecule has 14 heteroatoms. The Hall–Kier alpha value is -5.27. The maximum Gasteiger partial charge on any atom is 0.323 e. The van der Waals surface area contributed by atoms with E-state index >= 15 is 0 Å². The Morgan fingerprint density at radius 1 is 0.707 bits per heavy atom. The highest BCUT2D eigenvalue weighted by atomic mass is 16.6. The van der Waals surface area contributed by atoms with Crippen LogP contribution in [0.2, 0.25) is 0 Å². The zero-order chi connectivity index (χ0) is 30.7. The molecule has 0 radical (unpaired) electrons. The topological polar surface area (TPSA) is 192 Å². The SMILES string of the molecule is CC(=O)Oc1cccc(C(=O)NCCCN(CC(=O)O)C(=O)c2cccc(OC(C)=O)c2OC(C)=O)c1OC(C)=O. The van der Waals surface area contributed by atoms with E-state index in [1.54, 1.807) is 0 Å². The van der Waals surface area contributed by atoms with Gasteiger partial charge in [-0.2, -0.15) is 0 Å². The van der Waals surface area contributed by atoms with Crippen molar-refractivity contribution in [3.63, 3.8) is 0 Å². The molecule has 0 aliphatic carbocycles. The highest BCUT2D eigenvalue weighted by Crippen LogP contribution is 2.33. The van der Waals surface area contributed by atoms with Gasteiger partial charge in [0.1, 0.15) is 6.54 Å². The predicted octanol–water partition coefficient (Wildman–Crippen LogP) is 1.73. The minimum Gasteiger partial charge on any atom is -0.480 e. The number of rotatable bonds is 12. The Balaban J connectivity index is 2.21. The van der Waals surface area contributed by atoms with Crippen LogP contribution >= 0.6 is 0 Å². The second-order valence-corrected chi connectivity index (χ2v) is 8.37. The molecule has 2 N–H and O–H groups in total. The van der Waals surface area contributed by atoms with E-state index in [-0.39, 0.29) is 53.6 Å². The molecule has 0 spiro atoms. The Morgan fingerprint density at radius 3 is 1.63 bits per heavy atom. The van der Waals surface area contributed by atoms with Crippen LogP contribution < -0.4 is 24.3 Å². The molecule has 218 valence electrons. The Kier molecular flexibility index (Phi) is 11.5. The fraction of sp³-hybridized carbons (Fsp3) is 0.296. The van der Waals surface area contributed by atoms with Crippen molar-refractivity contribution < 1.29 is 57.6 Å². The molecule has 14 nitrogen and oxygen atoms in total. The van der Waals surface area contributed by atoms with Crippen LogP contribution in [0.5, 0.6) is 23.0 Å². The Bertz CT molecular complexity index is 1370. The summed E-state index contributed by atoms with van der Waals surface area (Å²) in [7, 11) is 0. The van der Waals surface area contributed by atoms with E-state index < -0.39 is 48.2 Å². The average Bonchev–Trinajstić information content (AvgIpc) is 2.86. The standard InChI is InChI=1S/C27H28N2O12/c1-15(30)38-21-10-5-8-19(24(21)40-17(3)32)26(36)28-12-7-13-29(14-23(34)35)27(37)20-9-6-11-22(39-16(2)31)25(20)41-18(4)33/h5-6,8-11H,7,12-14H2,1-4H3,(H,28,36)(H,34,35). The number of nitrogens with zero attached hydrogens (tertiary/aromatic N) is 1. The van der Waals surface area contributed by atoms with Crippen molar-refractivity contribution in [3.8, 4) is 23.0 Å². The first-order valence-corrected chi connectivity index (χ1v) is 12.1. The fourth-order valence-corrected chi connectivity index (χ4v) is 3.50. The highest BCUT2D eigenvalue weighted by molar-refractivity contribution is 6.00. The lowest BCUT2D eigenvalue weighted by atomic mass is 10.1. The molecule has 0 heterocycles. The zero-order valence-electron chi connectivity index (χ0n) is 22.7. The lowest BCUT2D eigenvalue weighted by molar-refractivity contribution is -0.138. The zero-order valence-corrected chi connectivity index (χ0v) is 22.7. The number of carbonyl (C=O) groups excluding carboxylic acids is 6. The Morgan fingerprint density at radius 2 is 1.17 bits per heavy atom. The summed E-state index contributed by atoms with van der Waals surface area (Å²) in [6, 6.07) is 8.03. The van der Waals surface area contributed by atoms with Crippen molar-refractivity contribution in [1.29, 1.82) is 0 Å². The van der Waals surface area contributed by atoms with Gasteiger partial charge in [-0.3, -0.25) is 33.6 Å². The lowest BCUT2D eigenvalue weighted by Gasteiger charge is -2.22. The summed E-state index contributed by atoms with van der Waals surface area (Å²) < 4.78 is 20.2. The van der Waals surface area contributed by atoms with Gasteiger partial charge in [0, 0.05) is 40.8 Å². The number of amides is 2. The molecule has 2 aromatic rings. The van der Waals surface area contributed by atoms with Crippen LogP contribution in [0.3, 0.4) is 0 Å². The molecule has 0 saturated carbocycles. The van der Waals surface area contributed by atoms with Crippen molar-refractivity contribution >= 4 is 41.7 Å². The maximum atomic E-state index is 13.3.